The third-order valence-electron chi connectivity index (χ3n) is 1.93. The fourth-order valence-electron chi connectivity index (χ4n) is 1.20. The Morgan fingerprint density at radius 2 is 2.00 bits per heavy atom. The zero-order valence-electron chi connectivity index (χ0n) is 8.29. The molecule has 16 heavy (non-hydrogen) atoms. The first-order chi connectivity index (χ1) is 7.75. The van der Waals surface area contributed by atoms with Gasteiger partial charge in [-0.3, -0.25) is 4.79 Å². The number of aromatic nitrogens is 2. The van der Waals surface area contributed by atoms with E-state index in [2.05, 4.69) is 15.3 Å². The van der Waals surface area contributed by atoms with E-state index in [0.717, 1.165) is 0 Å². The maximum atomic E-state index is 11.7. The quantitative estimate of drug-likeness (QED) is 0.794. The molecule has 1 amide bonds. The highest BCUT2D eigenvalue weighted by Gasteiger charge is 2.06. The molecule has 1 aromatic heterocycles. The molecule has 0 atom stereocenters. The average Bonchev–Trinajstić information content (AvgIpc) is 2.30. The summed E-state index contributed by atoms with van der Waals surface area (Å²) in [6.45, 7) is 0. The van der Waals surface area contributed by atoms with Gasteiger partial charge in [-0.15, -0.1) is 0 Å². The number of rotatable bonds is 2. The van der Waals surface area contributed by atoms with Gasteiger partial charge in [-0.2, -0.15) is 0 Å². The molecule has 2 rings (SSSR count). The van der Waals surface area contributed by atoms with Gasteiger partial charge in [-0.25, -0.2) is 9.97 Å². The fourth-order valence-corrected chi connectivity index (χ4v) is 1.20. The van der Waals surface area contributed by atoms with Crippen LogP contribution in [0.25, 0.3) is 0 Å². The minimum Gasteiger partial charge on any atom is -0.508 e. The number of benzene rings is 1. The Bertz CT molecular complexity index is 500. The summed E-state index contributed by atoms with van der Waals surface area (Å²) in [5, 5.41) is 11.8. The number of phenolic OH excluding ortho intramolecular Hbond substituents is 1. The van der Waals surface area contributed by atoms with E-state index >= 15 is 0 Å². The number of nitrogens with zero attached hydrogens (tertiary/aromatic N) is 2. The first kappa shape index (κ1) is 10.1. The van der Waals surface area contributed by atoms with Gasteiger partial charge < -0.3 is 10.4 Å². The second-order valence-corrected chi connectivity index (χ2v) is 3.13. The van der Waals surface area contributed by atoms with Crippen LogP contribution in [0.15, 0.2) is 43.0 Å². The Hall–Kier alpha value is -2.43. The molecular weight excluding hydrogens is 206 g/mol. The van der Waals surface area contributed by atoms with Crippen LogP contribution in [-0.2, 0) is 0 Å². The maximum absolute atomic E-state index is 11.7. The van der Waals surface area contributed by atoms with E-state index in [-0.39, 0.29) is 11.7 Å². The molecule has 1 heterocycles. The van der Waals surface area contributed by atoms with Crippen molar-refractivity contribution in [2.24, 2.45) is 0 Å². The molecule has 0 saturated heterocycles. The topological polar surface area (TPSA) is 75.1 Å². The van der Waals surface area contributed by atoms with Gasteiger partial charge in [0.05, 0.1) is 5.56 Å². The minimum absolute atomic E-state index is 0.0992. The van der Waals surface area contributed by atoms with Crippen LogP contribution in [0.4, 0.5) is 5.69 Å². The maximum Gasteiger partial charge on any atom is 0.258 e. The van der Waals surface area contributed by atoms with Crippen molar-refractivity contribution < 1.29 is 9.90 Å². The van der Waals surface area contributed by atoms with Gasteiger partial charge in [0.15, 0.2) is 0 Å². The number of phenols is 1. The molecule has 0 saturated carbocycles. The molecule has 1 aromatic carbocycles. The van der Waals surface area contributed by atoms with E-state index in [1.54, 1.807) is 12.1 Å². The molecule has 5 nitrogen and oxygen atoms in total. The van der Waals surface area contributed by atoms with Crippen LogP contribution in [0.3, 0.4) is 0 Å². The van der Waals surface area contributed by atoms with Crippen LogP contribution >= 0.6 is 0 Å². The third kappa shape index (κ3) is 2.33. The zero-order valence-corrected chi connectivity index (χ0v) is 8.29. The van der Waals surface area contributed by atoms with E-state index in [9.17, 15) is 9.90 Å². The highest BCUT2D eigenvalue weighted by molar-refractivity contribution is 6.03. The van der Waals surface area contributed by atoms with Crippen molar-refractivity contribution in [3.8, 4) is 5.75 Å². The predicted molar refractivity (Wildman–Crippen MR) is 58.1 cm³/mol. The molecule has 0 aliphatic carbocycles. The predicted octanol–water partition coefficient (Wildman–Crippen LogP) is 1.43. The lowest BCUT2D eigenvalue weighted by Crippen LogP contribution is -2.12. The number of carbonyl (C=O) groups excluding carboxylic acids is 1. The van der Waals surface area contributed by atoms with Crippen molar-refractivity contribution in [2.45, 2.75) is 0 Å². The van der Waals surface area contributed by atoms with Crippen molar-refractivity contribution in [1.29, 1.82) is 0 Å². The van der Waals surface area contributed by atoms with Gasteiger partial charge >= 0.3 is 0 Å². The fraction of sp³-hybridized carbons (Fsp3) is 0. The van der Waals surface area contributed by atoms with Crippen LogP contribution in [0.2, 0.25) is 0 Å². The molecule has 0 aliphatic rings. The summed E-state index contributed by atoms with van der Waals surface area (Å²) in [5.41, 5.74) is 0.889. The zero-order chi connectivity index (χ0) is 11.4. The Labute approximate surface area is 91.8 Å². The van der Waals surface area contributed by atoms with E-state index in [1.807, 2.05) is 0 Å². The van der Waals surface area contributed by atoms with E-state index in [1.165, 1.54) is 30.9 Å². The van der Waals surface area contributed by atoms with Crippen LogP contribution in [0, 0.1) is 0 Å². The number of carbonyl (C=O) groups is 1. The second kappa shape index (κ2) is 4.39. The molecule has 0 radical (unpaired) electrons. The summed E-state index contributed by atoms with van der Waals surface area (Å²) in [6, 6.07) is 6.32. The van der Waals surface area contributed by atoms with Crippen molar-refractivity contribution in [3.05, 3.63) is 48.5 Å². The average molecular weight is 215 g/mol. The largest absolute Gasteiger partial charge is 0.508 e. The number of anilines is 1. The van der Waals surface area contributed by atoms with Crippen LogP contribution in [0.5, 0.6) is 5.75 Å². The van der Waals surface area contributed by atoms with E-state index in [4.69, 9.17) is 0 Å². The Morgan fingerprint density at radius 1 is 1.25 bits per heavy atom. The summed E-state index contributed by atoms with van der Waals surface area (Å²) in [6.07, 6.45) is 4.20. The van der Waals surface area contributed by atoms with Crippen LogP contribution < -0.4 is 5.32 Å². The normalized spacial score (nSPS) is 9.75. The van der Waals surface area contributed by atoms with Crippen molar-refractivity contribution in [3.63, 3.8) is 0 Å². The molecule has 0 fully saturated rings. The van der Waals surface area contributed by atoms with Gasteiger partial charge in [0.1, 0.15) is 12.1 Å². The van der Waals surface area contributed by atoms with Gasteiger partial charge in [-0.05, 0) is 12.1 Å². The molecule has 2 N–H and O–H groups in total. The first-order valence-corrected chi connectivity index (χ1v) is 4.61. The van der Waals surface area contributed by atoms with Crippen molar-refractivity contribution >= 4 is 11.6 Å². The molecule has 0 spiro atoms. The molecular formula is C11H9N3O2. The Morgan fingerprint density at radius 3 is 2.69 bits per heavy atom. The highest BCUT2D eigenvalue weighted by atomic mass is 16.3. The minimum atomic E-state index is -0.314. The van der Waals surface area contributed by atoms with Crippen molar-refractivity contribution in [2.75, 3.05) is 5.32 Å². The van der Waals surface area contributed by atoms with Crippen LogP contribution in [-0.4, -0.2) is 21.0 Å². The standard InChI is InChI=1S/C11H9N3O2/c15-10-3-1-2-9(4-10)14-11(16)8-5-12-7-13-6-8/h1-7,15H,(H,14,16). The number of aromatic hydroxyl groups is 1. The lowest BCUT2D eigenvalue weighted by Gasteiger charge is -2.04. The summed E-state index contributed by atoms with van der Waals surface area (Å²) in [4.78, 5) is 19.1. The van der Waals surface area contributed by atoms with Crippen LogP contribution in [0.1, 0.15) is 10.4 Å². The third-order valence-corrected chi connectivity index (χ3v) is 1.93. The number of hydrogen-bond donors (Lipinski definition) is 2. The van der Waals surface area contributed by atoms with Crippen molar-refractivity contribution in [1.82, 2.24) is 9.97 Å². The number of hydrogen-bond acceptors (Lipinski definition) is 4. The summed E-state index contributed by atoms with van der Waals surface area (Å²) in [7, 11) is 0. The molecule has 80 valence electrons. The highest BCUT2D eigenvalue weighted by Crippen LogP contribution is 2.15. The molecule has 2 aromatic rings. The Kier molecular flexibility index (Phi) is 2.77. The Balaban J connectivity index is 2.14. The second-order valence-electron chi connectivity index (χ2n) is 3.13. The summed E-state index contributed by atoms with van der Waals surface area (Å²) < 4.78 is 0. The number of amides is 1. The molecule has 0 aliphatic heterocycles. The molecule has 0 bridgehead atoms. The lowest BCUT2D eigenvalue weighted by molar-refractivity contribution is 0.102. The monoisotopic (exact) mass is 215 g/mol. The van der Waals surface area contributed by atoms with Gasteiger partial charge in [-0.1, -0.05) is 6.07 Å². The lowest BCUT2D eigenvalue weighted by atomic mass is 10.2. The molecule has 0 unspecified atom stereocenters. The van der Waals surface area contributed by atoms with Gasteiger partial charge in [0.25, 0.3) is 5.91 Å². The van der Waals surface area contributed by atoms with Gasteiger partial charge in [0.2, 0.25) is 0 Å². The summed E-state index contributed by atoms with van der Waals surface area (Å²) in [5.74, 6) is -0.215. The van der Waals surface area contributed by atoms with E-state index in [0.29, 0.717) is 11.3 Å². The van der Waals surface area contributed by atoms with E-state index < -0.39 is 0 Å². The SMILES string of the molecule is O=C(Nc1cccc(O)c1)c1cncnc1. The first-order valence-electron chi connectivity index (χ1n) is 4.61. The summed E-state index contributed by atoms with van der Waals surface area (Å²) >= 11 is 0. The smallest absolute Gasteiger partial charge is 0.258 e. The van der Waals surface area contributed by atoms with Gasteiger partial charge in [0, 0.05) is 24.1 Å². The number of nitrogens with one attached hydrogen (secondary N) is 1. The molecule has 5 heteroatoms.